The fourth-order valence-electron chi connectivity index (χ4n) is 3.53. The lowest BCUT2D eigenvalue weighted by Crippen LogP contribution is -3.15. The molecule has 28 heavy (non-hydrogen) atoms. The summed E-state index contributed by atoms with van der Waals surface area (Å²) in [7, 11) is 0. The van der Waals surface area contributed by atoms with Gasteiger partial charge in [-0.1, -0.05) is 18.2 Å². The average molecular weight is 381 g/mol. The Morgan fingerprint density at radius 3 is 2.50 bits per heavy atom. The third-order valence-electron chi connectivity index (χ3n) is 5.06. The lowest BCUT2D eigenvalue weighted by molar-refractivity contribution is -0.895. The Hall–Kier alpha value is -3.19. The number of halogens is 1. The number of rotatable bonds is 4. The van der Waals surface area contributed by atoms with Crippen LogP contribution in [-0.4, -0.2) is 54.4 Å². The van der Waals surface area contributed by atoms with Crippen LogP contribution in [-0.2, 0) is 4.79 Å². The van der Waals surface area contributed by atoms with Crippen molar-refractivity contribution >= 4 is 28.4 Å². The van der Waals surface area contributed by atoms with E-state index >= 15 is 0 Å². The van der Waals surface area contributed by atoms with E-state index in [9.17, 15) is 14.0 Å². The van der Waals surface area contributed by atoms with E-state index in [0.29, 0.717) is 44.1 Å². The molecule has 0 radical (unpaired) electrons. The molecule has 3 N–H and O–H groups in total. The number of benzene rings is 2. The standard InChI is InChI=1S/C21H21FN4O2/c22-16-5-7-17(8-6-16)23-20(27)14-25-9-11-26(12-10-25)21(28)19-13-15-3-1-2-4-18(15)24-19/h1-8,13,24H,9-12,14H2,(H,23,27)/p+1. The Morgan fingerprint density at radius 2 is 1.79 bits per heavy atom. The van der Waals surface area contributed by atoms with E-state index in [1.165, 1.54) is 12.1 Å². The molecule has 2 amide bonds. The quantitative estimate of drug-likeness (QED) is 0.637. The Balaban J connectivity index is 1.29. The molecule has 2 heterocycles. The number of nitrogens with zero attached hydrogens (tertiary/aromatic N) is 1. The van der Waals surface area contributed by atoms with Gasteiger partial charge in [-0.25, -0.2) is 4.39 Å². The summed E-state index contributed by atoms with van der Waals surface area (Å²) in [6.45, 7) is 2.96. The highest BCUT2D eigenvalue weighted by molar-refractivity contribution is 5.98. The van der Waals surface area contributed by atoms with Gasteiger partial charge in [0.05, 0.1) is 26.2 Å². The minimum Gasteiger partial charge on any atom is -0.351 e. The molecule has 2 aromatic carbocycles. The van der Waals surface area contributed by atoms with Crippen LogP contribution in [0.4, 0.5) is 10.1 Å². The van der Waals surface area contributed by atoms with Gasteiger partial charge in [-0.2, -0.15) is 0 Å². The van der Waals surface area contributed by atoms with Crippen LogP contribution in [0.5, 0.6) is 0 Å². The first-order valence-electron chi connectivity index (χ1n) is 9.34. The second-order valence-electron chi connectivity index (χ2n) is 7.04. The van der Waals surface area contributed by atoms with Gasteiger partial charge in [0.2, 0.25) is 0 Å². The van der Waals surface area contributed by atoms with Gasteiger partial charge in [0.25, 0.3) is 11.8 Å². The van der Waals surface area contributed by atoms with Crippen molar-refractivity contribution in [2.45, 2.75) is 0 Å². The van der Waals surface area contributed by atoms with Crippen LogP contribution in [0, 0.1) is 5.82 Å². The second kappa shape index (κ2) is 7.82. The van der Waals surface area contributed by atoms with Crippen molar-refractivity contribution in [3.05, 3.63) is 66.1 Å². The van der Waals surface area contributed by atoms with E-state index in [2.05, 4.69) is 10.3 Å². The van der Waals surface area contributed by atoms with Gasteiger partial charge in [0.15, 0.2) is 6.54 Å². The number of H-pyrrole nitrogens is 1. The Morgan fingerprint density at radius 1 is 1.07 bits per heavy atom. The van der Waals surface area contributed by atoms with E-state index in [-0.39, 0.29) is 17.6 Å². The molecule has 0 spiro atoms. The summed E-state index contributed by atoms with van der Waals surface area (Å²) in [5.74, 6) is -0.456. The Labute approximate surface area is 161 Å². The number of piperazine rings is 1. The number of fused-ring (bicyclic) bond motifs is 1. The van der Waals surface area contributed by atoms with Gasteiger partial charge in [0.1, 0.15) is 11.5 Å². The highest BCUT2D eigenvalue weighted by Gasteiger charge is 2.26. The smallest absolute Gasteiger partial charge is 0.279 e. The van der Waals surface area contributed by atoms with E-state index in [1.54, 1.807) is 12.1 Å². The van der Waals surface area contributed by atoms with Crippen LogP contribution in [0.2, 0.25) is 0 Å². The van der Waals surface area contributed by atoms with Crippen LogP contribution in [0.1, 0.15) is 10.5 Å². The highest BCUT2D eigenvalue weighted by Crippen LogP contribution is 2.16. The number of aromatic amines is 1. The molecular weight excluding hydrogens is 359 g/mol. The summed E-state index contributed by atoms with van der Waals surface area (Å²) < 4.78 is 12.9. The molecule has 1 aromatic heterocycles. The number of para-hydroxylation sites is 1. The van der Waals surface area contributed by atoms with Crippen molar-refractivity contribution in [2.24, 2.45) is 0 Å². The summed E-state index contributed by atoms with van der Waals surface area (Å²) in [5.41, 5.74) is 2.13. The molecule has 0 unspecified atom stereocenters. The van der Waals surface area contributed by atoms with Crippen molar-refractivity contribution in [3.63, 3.8) is 0 Å². The number of carbonyl (C=O) groups excluding carboxylic acids is 2. The molecule has 1 aliphatic rings. The van der Waals surface area contributed by atoms with E-state index in [4.69, 9.17) is 0 Å². The minimum atomic E-state index is -0.334. The fourth-order valence-corrected chi connectivity index (χ4v) is 3.53. The molecule has 1 fully saturated rings. The van der Waals surface area contributed by atoms with Gasteiger partial charge in [-0.3, -0.25) is 9.59 Å². The lowest BCUT2D eigenvalue weighted by atomic mass is 10.2. The maximum atomic E-state index is 12.9. The molecule has 0 bridgehead atoms. The number of anilines is 1. The highest BCUT2D eigenvalue weighted by atomic mass is 19.1. The van der Waals surface area contributed by atoms with Gasteiger partial charge in [0, 0.05) is 16.6 Å². The monoisotopic (exact) mass is 381 g/mol. The lowest BCUT2D eigenvalue weighted by Gasteiger charge is -2.31. The van der Waals surface area contributed by atoms with Gasteiger partial charge in [-0.05, 0) is 36.4 Å². The van der Waals surface area contributed by atoms with Crippen molar-refractivity contribution in [1.29, 1.82) is 0 Å². The predicted molar refractivity (Wildman–Crippen MR) is 105 cm³/mol. The molecule has 7 heteroatoms. The zero-order valence-corrected chi connectivity index (χ0v) is 15.4. The maximum Gasteiger partial charge on any atom is 0.279 e. The second-order valence-corrected chi connectivity index (χ2v) is 7.04. The SMILES string of the molecule is O=C(C[NH+]1CCN(C(=O)c2cc3ccccc3[nH]2)CC1)Nc1ccc(F)cc1. The molecule has 3 aromatic rings. The van der Waals surface area contributed by atoms with Crippen LogP contribution in [0.25, 0.3) is 10.9 Å². The molecule has 4 rings (SSSR count). The molecule has 6 nitrogen and oxygen atoms in total. The third kappa shape index (κ3) is 4.04. The summed E-state index contributed by atoms with van der Waals surface area (Å²) in [6.07, 6.45) is 0. The number of quaternary nitrogens is 1. The van der Waals surface area contributed by atoms with Crippen LogP contribution < -0.4 is 10.2 Å². The minimum absolute atomic E-state index is 0.00832. The van der Waals surface area contributed by atoms with E-state index in [0.717, 1.165) is 15.8 Å². The van der Waals surface area contributed by atoms with Crippen molar-refractivity contribution < 1.29 is 18.9 Å². The van der Waals surface area contributed by atoms with Gasteiger partial charge < -0.3 is 20.1 Å². The van der Waals surface area contributed by atoms with E-state index in [1.807, 2.05) is 35.2 Å². The Bertz CT molecular complexity index is 958. The summed E-state index contributed by atoms with van der Waals surface area (Å²) in [6, 6.07) is 15.4. The van der Waals surface area contributed by atoms with Crippen molar-refractivity contribution in [2.75, 3.05) is 38.0 Å². The first-order chi connectivity index (χ1) is 13.6. The van der Waals surface area contributed by atoms with Crippen LogP contribution in [0.15, 0.2) is 54.6 Å². The average Bonchev–Trinajstić information content (AvgIpc) is 3.14. The van der Waals surface area contributed by atoms with Crippen molar-refractivity contribution in [3.8, 4) is 0 Å². The van der Waals surface area contributed by atoms with Crippen molar-refractivity contribution in [1.82, 2.24) is 9.88 Å². The zero-order chi connectivity index (χ0) is 19.5. The van der Waals surface area contributed by atoms with Crippen LogP contribution >= 0.6 is 0 Å². The van der Waals surface area contributed by atoms with Crippen LogP contribution in [0.3, 0.4) is 0 Å². The summed E-state index contributed by atoms with van der Waals surface area (Å²) >= 11 is 0. The molecule has 0 atom stereocenters. The van der Waals surface area contributed by atoms with Gasteiger partial charge >= 0.3 is 0 Å². The Kier molecular flexibility index (Phi) is 5.08. The number of hydrogen-bond acceptors (Lipinski definition) is 2. The number of hydrogen-bond donors (Lipinski definition) is 3. The van der Waals surface area contributed by atoms with E-state index < -0.39 is 0 Å². The predicted octanol–water partition coefficient (Wildman–Crippen LogP) is 1.29. The number of amides is 2. The molecule has 0 saturated carbocycles. The normalized spacial score (nSPS) is 15.0. The fraction of sp³-hybridized carbons (Fsp3) is 0.238. The molecule has 1 aliphatic heterocycles. The third-order valence-corrected chi connectivity index (χ3v) is 5.06. The zero-order valence-electron chi connectivity index (χ0n) is 15.4. The first kappa shape index (κ1) is 18.2. The maximum absolute atomic E-state index is 12.9. The largest absolute Gasteiger partial charge is 0.351 e. The molecule has 0 aliphatic carbocycles. The number of aromatic nitrogens is 1. The number of nitrogens with one attached hydrogen (secondary N) is 3. The van der Waals surface area contributed by atoms with Gasteiger partial charge in [-0.15, -0.1) is 0 Å². The summed E-state index contributed by atoms with van der Waals surface area (Å²) in [5, 5.41) is 3.80. The topological polar surface area (TPSA) is 69.6 Å². The molecular formula is C21H22FN4O2+. The molecule has 144 valence electrons. The first-order valence-corrected chi connectivity index (χ1v) is 9.34. The molecule has 1 saturated heterocycles. The number of carbonyl (C=O) groups is 2. The summed E-state index contributed by atoms with van der Waals surface area (Å²) in [4.78, 5) is 31.1.